The molecule has 4 N–H and O–H groups in total. The summed E-state index contributed by atoms with van der Waals surface area (Å²) in [4.78, 5) is 43.5. The molecule has 0 bridgehead atoms. The Bertz CT molecular complexity index is 1060. The maximum Gasteiger partial charge on any atom is 0.313 e. The molecule has 3 aromatic heterocycles. The van der Waals surface area contributed by atoms with Crippen molar-refractivity contribution in [3.05, 3.63) is 41.2 Å². The lowest BCUT2D eigenvalue weighted by atomic mass is 9.93. The predicted octanol–water partition coefficient (Wildman–Crippen LogP) is 2.06. The third-order valence-electron chi connectivity index (χ3n) is 5.03. The zero-order valence-electron chi connectivity index (χ0n) is 15.7. The summed E-state index contributed by atoms with van der Waals surface area (Å²) >= 11 is 1.57. The average Bonchev–Trinajstić information content (AvgIpc) is 3.29. The van der Waals surface area contributed by atoms with Crippen molar-refractivity contribution >= 4 is 45.0 Å². The Kier molecular flexibility index (Phi) is 5.01. The number of primary amides is 1. The molecule has 9 nitrogen and oxygen atoms in total. The Labute approximate surface area is 170 Å². The maximum atomic E-state index is 13.0. The number of fused-ring (bicyclic) bond motifs is 1. The highest BCUT2D eigenvalue weighted by molar-refractivity contribution is 7.19. The molecule has 0 saturated carbocycles. The molecule has 1 saturated heterocycles. The molecule has 0 spiro atoms. The fraction of sp³-hybridized carbons (Fsp3) is 0.316. The van der Waals surface area contributed by atoms with E-state index in [2.05, 4.69) is 27.4 Å². The first kappa shape index (κ1) is 19.1. The van der Waals surface area contributed by atoms with Crippen LogP contribution < -0.4 is 11.1 Å². The van der Waals surface area contributed by atoms with Gasteiger partial charge in [-0.25, -0.2) is 0 Å². The van der Waals surface area contributed by atoms with Crippen LogP contribution in [0.2, 0.25) is 0 Å². The minimum atomic E-state index is -0.767. The number of likely N-dealkylation sites (tertiary alicyclic amines) is 1. The monoisotopic (exact) mass is 412 g/mol. The van der Waals surface area contributed by atoms with E-state index < -0.39 is 17.7 Å². The lowest BCUT2D eigenvalue weighted by Crippen LogP contribution is -2.46. The standard InChI is InChI=1S/C19H20N6O3S/c1-10-2-3-14(15-5-13-16(29-15)8-22-24-13)25(9-10)19(28)18(27)23-12-4-11(17(20)26)6-21-7-12/h4-8,10,14H,2-3,9H2,1H3,(H2,20,26)(H,22,24)(H,23,27)/t10-,14+/m1/s1. The van der Waals surface area contributed by atoms with Gasteiger partial charge in [0.1, 0.15) is 0 Å². The molecular formula is C19H20N6O3S. The van der Waals surface area contributed by atoms with Gasteiger partial charge in [0.2, 0.25) is 5.91 Å². The van der Waals surface area contributed by atoms with Crippen molar-refractivity contribution in [1.29, 1.82) is 0 Å². The van der Waals surface area contributed by atoms with E-state index in [-0.39, 0.29) is 17.3 Å². The fourth-order valence-electron chi connectivity index (χ4n) is 3.56. The van der Waals surface area contributed by atoms with Crippen LogP contribution in [-0.4, -0.2) is 44.3 Å². The van der Waals surface area contributed by atoms with Gasteiger partial charge in [0, 0.05) is 17.6 Å². The Balaban J connectivity index is 1.55. The summed E-state index contributed by atoms with van der Waals surface area (Å²) in [5.74, 6) is -1.74. The number of piperidine rings is 1. The minimum absolute atomic E-state index is 0.155. The number of amides is 3. The van der Waals surface area contributed by atoms with Crippen LogP contribution in [0.1, 0.15) is 41.0 Å². The van der Waals surface area contributed by atoms with Crippen LogP contribution >= 0.6 is 11.3 Å². The van der Waals surface area contributed by atoms with Gasteiger partial charge in [-0.05, 0) is 30.9 Å². The smallest absolute Gasteiger partial charge is 0.313 e. The molecule has 0 aromatic carbocycles. The minimum Gasteiger partial charge on any atom is -0.366 e. The second-order valence-corrected chi connectivity index (χ2v) is 8.35. The fourth-order valence-corrected chi connectivity index (χ4v) is 4.70. The Morgan fingerprint density at radius 3 is 2.83 bits per heavy atom. The lowest BCUT2D eigenvalue weighted by Gasteiger charge is -2.37. The predicted molar refractivity (Wildman–Crippen MR) is 108 cm³/mol. The van der Waals surface area contributed by atoms with Gasteiger partial charge in [-0.2, -0.15) is 5.10 Å². The summed E-state index contributed by atoms with van der Waals surface area (Å²) in [6.07, 6.45) is 6.19. The van der Waals surface area contributed by atoms with E-state index in [1.807, 2.05) is 6.07 Å². The number of carbonyl (C=O) groups excluding carboxylic acids is 3. The largest absolute Gasteiger partial charge is 0.366 e. The van der Waals surface area contributed by atoms with E-state index in [0.29, 0.717) is 12.5 Å². The van der Waals surface area contributed by atoms with E-state index in [1.54, 1.807) is 22.4 Å². The van der Waals surface area contributed by atoms with Crippen LogP contribution in [0.3, 0.4) is 0 Å². The number of thiophene rings is 1. The Morgan fingerprint density at radius 2 is 2.07 bits per heavy atom. The third-order valence-corrected chi connectivity index (χ3v) is 6.20. The number of hydrogen-bond donors (Lipinski definition) is 3. The van der Waals surface area contributed by atoms with Crippen molar-refractivity contribution in [2.75, 3.05) is 11.9 Å². The first-order chi connectivity index (χ1) is 13.9. The number of H-pyrrole nitrogens is 1. The number of pyridine rings is 1. The quantitative estimate of drug-likeness (QED) is 0.566. The summed E-state index contributed by atoms with van der Waals surface area (Å²) in [5.41, 5.74) is 6.57. The second-order valence-electron chi connectivity index (χ2n) is 7.23. The molecule has 150 valence electrons. The lowest BCUT2D eigenvalue weighted by molar-refractivity contribution is -0.146. The van der Waals surface area contributed by atoms with Crippen molar-refractivity contribution in [3.8, 4) is 0 Å². The highest BCUT2D eigenvalue weighted by Gasteiger charge is 2.35. The van der Waals surface area contributed by atoms with E-state index in [4.69, 9.17) is 5.73 Å². The first-order valence-corrected chi connectivity index (χ1v) is 10.0. The zero-order valence-corrected chi connectivity index (χ0v) is 16.5. The maximum absolute atomic E-state index is 13.0. The van der Waals surface area contributed by atoms with Crippen molar-refractivity contribution in [2.24, 2.45) is 11.7 Å². The SMILES string of the molecule is C[C@@H]1CC[C@@H](c2cc3[nH]ncc3s2)N(C(=O)C(=O)Nc2cncc(C(N)=O)c2)C1. The summed E-state index contributed by atoms with van der Waals surface area (Å²) in [6.45, 7) is 2.57. The molecule has 4 rings (SSSR count). The molecule has 3 aromatic rings. The Hall–Kier alpha value is -3.27. The van der Waals surface area contributed by atoms with E-state index in [1.165, 1.54) is 18.5 Å². The average molecular weight is 412 g/mol. The van der Waals surface area contributed by atoms with Crippen LogP contribution in [-0.2, 0) is 9.59 Å². The molecule has 3 amide bonds. The molecule has 29 heavy (non-hydrogen) atoms. The van der Waals surface area contributed by atoms with Gasteiger partial charge in [0.25, 0.3) is 0 Å². The van der Waals surface area contributed by atoms with Crippen molar-refractivity contribution in [2.45, 2.75) is 25.8 Å². The summed E-state index contributed by atoms with van der Waals surface area (Å²) < 4.78 is 1.02. The molecule has 0 aliphatic carbocycles. The molecule has 4 heterocycles. The van der Waals surface area contributed by atoms with Crippen molar-refractivity contribution in [1.82, 2.24) is 20.1 Å². The van der Waals surface area contributed by atoms with Crippen LogP contribution in [0.15, 0.2) is 30.7 Å². The topological polar surface area (TPSA) is 134 Å². The zero-order chi connectivity index (χ0) is 20.5. The van der Waals surface area contributed by atoms with E-state index in [9.17, 15) is 14.4 Å². The second kappa shape index (κ2) is 7.63. The number of anilines is 1. The molecular weight excluding hydrogens is 392 g/mol. The van der Waals surface area contributed by atoms with E-state index in [0.717, 1.165) is 27.9 Å². The van der Waals surface area contributed by atoms with E-state index >= 15 is 0 Å². The summed E-state index contributed by atoms with van der Waals surface area (Å²) in [6, 6.07) is 3.22. The number of rotatable bonds is 3. The molecule has 0 unspecified atom stereocenters. The van der Waals surface area contributed by atoms with Crippen LogP contribution in [0, 0.1) is 5.92 Å². The van der Waals surface area contributed by atoms with Gasteiger partial charge < -0.3 is 16.0 Å². The summed E-state index contributed by atoms with van der Waals surface area (Å²) in [5, 5.41) is 9.47. The molecule has 10 heteroatoms. The van der Waals surface area contributed by atoms with Gasteiger partial charge in [0.15, 0.2) is 0 Å². The number of nitrogens with one attached hydrogen (secondary N) is 2. The van der Waals surface area contributed by atoms with Crippen molar-refractivity contribution in [3.63, 3.8) is 0 Å². The molecule has 0 radical (unpaired) electrons. The molecule has 1 aliphatic rings. The number of aromatic amines is 1. The summed E-state index contributed by atoms with van der Waals surface area (Å²) in [7, 11) is 0. The number of nitrogens with two attached hydrogens (primary N) is 1. The van der Waals surface area contributed by atoms with Crippen LogP contribution in [0.5, 0.6) is 0 Å². The third kappa shape index (κ3) is 3.83. The first-order valence-electron chi connectivity index (χ1n) is 9.22. The van der Waals surface area contributed by atoms with Gasteiger partial charge in [-0.1, -0.05) is 6.92 Å². The number of carbonyl (C=O) groups is 3. The normalized spacial score (nSPS) is 19.3. The highest BCUT2D eigenvalue weighted by Crippen LogP contribution is 2.38. The number of nitrogens with zero attached hydrogens (tertiary/aromatic N) is 3. The molecule has 1 fully saturated rings. The van der Waals surface area contributed by atoms with Crippen molar-refractivity contribution < 1.29 is 14.4 Å². The van der Waals surface area contributed by atoms with Crippen LogP contribution in [0.4, 0.5) is 5.69 Å². The van der Waals surface area contributed by atoms with Gasteiger partial charge in [-0.3, -0.25) is 24.5 Å². The number of aromatic nitrogens is 3. The van der Waals surface area contributed by atoms with Gasteiger partial charge in [-0.15, -0.1) is 11.3 Å². The molecule has 1 aliphatic heterocycles. The molecule has 2 atom stereocenters. The van der Waals surface area contributed by atoms with Gasteiger partial charge in [0.05, 0.1) is 39.9 Å². The van der Waals surface area contributed by atoms with Gasteiger partial charge >= 0.3 is 11.8 Å². The Morgan fingerprint density at radius 1 is 1.24 bits per heavy atom. The highest BCUT2D eigenvalue weighted by atomic mass is 32.1. The van der Waals surface area contributed by atoms with Crippen LogP contribution in [0.25, 0.3) is 10.2 Å². The number of hydrogen-bond acceptors (Lipinski definition) is 6.